The fourth-order valence-electron chi connectivity index (χ4n) is 3.57. The molecule has 0 N–H and O–H groups in total. The molecule has 4 aliphatic rings. The predicted octanol–water partition coefficient (Wildman–Crippen LogP) is 1.66. The van der Waals surface area contributed by atoms with E-state index < -0.39 is 0 Å². The first-order valence-electron chi connectivity index (χ1n) is 7.27. The SMILES string of the molecule is O=C(OCC1CCC2OC2C1)C1CC[C@H]2O[C@H]2C1. The van der Waals surface area contributed by atoms with Crippen molar-refractivity contribution < 1.29 is 19.0 Å². The molecule has 0 aromatic heterocycles. The van der Waals surface area contributed by atoms with Gasteiger partial charge in [-0.05, 0) is 44.4 Å². The zero-order valence-corrected chi connectivity index (χ0v) is 10.5. The number of fused-ring (bicyclic) bond motifs is 2. The van der Waals surface area contributed by atoms with Gasteiger partial charge >= 0.3 is 5.97 Å². The Balaban J connectivity index is 1.23. The highest BCUT2D eigenvalue weighted by Gasteiger charge is 2.47. The third kappa shape index (κ3) is 2.16. The number of carbonyl (C=O) groups is 1. The summed E-state index contributed by atoms with van der Waals surface area (Å²) in [6, 6.07) is 0. The number of hydrogen-bond donors (Lipinski definition) is 0. The topological polar surface area (TPSA) is 51.4 Å². The monoisotopic (exact) mass is 252 g/mol. The molecule has 4 rings (SSSR count). The molecule has 0 aromatic carbocycles. The highest BCUT2D eigenvalue weighted by Crippen LogP contribution is 2.41. The molecule has 0 spiro atoms. The molecular formula is C14H20O4. The first-order valence-corrected chi connectivity index (χ1v) is 7.27. The van der Waals surface area contributed by atoms with Gasteiger partial charge in [0.25, 0.3) is 0 Å². The van der Waals surface area contributed by atoms with E-state index in [1.807, 2.05) is 0 Å². The maximum atomic E-state index is 12.0. The van der Waals surface area contributed by atoms with Crippen LogP contribution in [-0.2, 0) is 19.0 Å². The standard InChI is InChI=1S/C14H20O4/c15-14(9-2-4-11-13(6-9)18-11)16-7-8-1-3-10-12(5-8)17-10/h8-13H,1-7H2/t8?,9?,10?,11-,12?,13+/m1/s1. The van der Waals surface area contributed by atoms with E-state index in [-0.39, 0.29) is 11.9 Å². The van der Waals surface area contributed by atoms with Crippen LogP contribution in [0.25, 0.3) is 0 Å². The van der Waals surface area contributed by atoms with E-state index in [9.17, 15) is 4.79 Å². The largest absolute Gasteiger partial charge is 0.465 e. The van der Waals surface area contributed by atoms with Gasteiger partial charge in [0.2, 0.25) is 0 Å². The van der Waals surface area contributed by atoms with E-state index in [4.69, 9.17) is 14.2 Å². The Kier molecular flexibility index (Phi) is 2.62. The minimum absolute atomic E-state index is 0.00258. The summed E-state index contributed by atoms with van der Waals surface area (Å²) in [6.45, 7) is 0.594. The molecule has 0 amide bonds. The summed E-state index contributed by atoms with van der Waals surface area (Å²) in [5, 5.41) is 0. The van der Waals surface area contributed by atoms with Crippen molar-refractivity contribution in [3.05, 3.63) is 0 Å². The average molecular weight is 252 g/mol. The Bertz CT molecular complexity index is 356. The highest BCUT2D eigenvalue weighted by molar-refractivity contribution is 5.72. The second-order valence-corrected chi connectivity index (χ2v) is 6.25. The molecule has 2 heterocycles. The quantitative estimate of drug-likeness (QED) is 0.566. The minimum Gasteiger partial charge on any atom is -0.465 e. The molecule has 4 fully saturated rings. The Morgan fingerprint density at radius 3 is 2.39 bits per heavy atom. The molecule has 100 valence electrons. The number of ether oxygens (including phenoxy) is 3. The molecule has 2 saturated heterocycles. The second-order valence-electron chi connectivity index (χ2n) is 6.25. The van der Waals surface area contributed by atoms with E-state index in [0.717, 1.165) is 38.5 Å². The second kappa shape index (κ2) is 4.20. The van der Waals surface area contributed by atoms with Crippen LogP contribution in [0.2, 0.25) is 0 Å². The van der Waals surface area contributed by atoms with E-state index in [0.29, 0.717) is 36.9 Å². The van der Waals surface area contributed by atoms with Gasteiger partial charge in [-0.15, -0.1) is 0 Å². The van der Waals surface area contributed by atoms with Gasteiger partial charge in [-0.25, -0.2) is 0 Å². The average Bonchev–Trinajstić information content (AvgIpc) is 3.26. The molecule has 4 heteroatoms. The van der Waals surface area contributed by atoms with Crippen LogP contribution in [0.15, 0.2) is 0 Å². The number of carbonyl (C=O) groups excluding carboxylic acids is 1. The fraction of sp³-hybridized carbons (Fsp3) is 0.929. The van der Waals surface area contributed by atoms with Gasteiger partial charge in [-0.2, -0.15) is 0 Å². The molecule has 4 nitrogen and oxygen atoms in total. The Morgan fingerprint density at radius 2 is 1.67 bits per heavy atom. The molecular weight excluding hydrogens is 232 g/mol. The van der Waals surface area contributed by atoms with Crippen LogP contribution >= 0.6 is 0 Å². The van der Waals surface area contributed by atoms with Crippen molar-refractivity contribution in [3.8, 4) is 0 Å². The van der Waals surface area contributed by atoms with Gasteiger partial charge in [-0.3, -0.25) is 4.79 Å². The lowest BCUT2D eigenvalue weighted by molar-refractivity contribution is -0.151. The van der Waals surface area contributed by atoms with Gasteiger partial charge in [-0.1, -0.05) is 0 Å². The summed E-state index contributed by atoms with van der Waals surface area (Å²) in [5.74, 6) is 0.608. The van der Waals surface area contributed by atoms with Crippen LogP contribution in [0.3, 0.4) is 0 Å². The van der Waals surface area contributed by atoms with E-state index in [1.165, 1.54) is 0 Å². The van der Waals surface area contributed by atoms with Gasteiger partial charge in [0.15, 0.2) is 0 Å². The van der Waals surface area contributed by atoms with Crippen molar-refractivity contribution in [2.45, 2.75) is 62.9 Å². The molecule has 2 aliphatic carbocycles. The van der Waals surface area contributed by atoms with Gasteiger partial charge < -0.3 is 14.2 Å². The normalized spacial score (nSPS) is 48.9. The van der Waals surface area contributed by atoms with Crippen molar-refractivity contribution in [3.63, 3.8) is 0 Å². The molecule has 2 aliphatic heterocycles. The minimum atomic E-state index is 0.00258. The Hall–Kier alpha value is -0.610. The fourth-order valence-corrected chi connectivity index (χ4v) is 3.57. The van der Waals surface area contributed by atoms with Gasteiger partial charge in [0, 0.05) is 0 Å². The molecule has 4 unspecified atom stereocenters. The summed E-state index contributed by atoms with van der Waals surface area (Å²) in [6.07, 6.45) is 8.03. The van der Waals surface area contributed by atoms with E-state index >= 15 is 0 Å². The summed E-state index contributed by atoms with van der Waals surface area (Å²) in [7, 11) is 0. The third-order valence-corrected chi connectivity index (χ3v) is 4.91. The zero-order chi connectivity index (χ0) is 12.1. The molecule has 18 heavy (non-hydrogen) atoms. The first-order chi connectivity index (χ1) is 8.79. The number of epoxide rings is 2. The van der Waals surface area contributed by atoms with E-state index in [1.54, 1.807) is 0 Å². The van der Waals surface area contributed by atoms with Gasteiger partial charge in [0.1, 0.15) is 0 Å². The van der Waals surface area contributed by atoms with Crippen molar-refractivity contribution in [2.24, 2.45) is 11.8 Å². The molecule has 0 bridgehead atoms. The smallest absolute Gasteiger partial charge is 0.309 e. The van der Waals surface area contributed by atoms with Crippen molar-refractivity contribution in [2.75, 3.05) is 6.61 Å². The van der Waals surface area contributed by atoms with Crippen LogP contribution in [0.1, 0.15) is 38.5 Å². The van der Waals surface area contributed by atoms with Gasteiger partial charge in [0.05, 0.1) is 36.9 Å². The van der Waals surface area contributed by atoms with Crippen molar-refractivity contribution in [1.29, 1.82) is 0 Å². The lowest BCUT2D eigenvalue weighted by Gasteiger charge is -2.21. The van der Waals surface area contributed by atoms with Crippen LogP contribution in [0, 0.1) is 11.8 Å². The summed E-state index contributed by atoms with van der Waals surface area (Å²) < 4.78 is 16.4. The maximum absolute atomic E-state index is 12.0. The van der Waals surface area contributed by atoms with Crippen molar-refractivity contribution in [1.82, 2.24) is 0 Å². The maximum Gasteiger partial charge on any atom is 0.309 e. The Morgan fingerprint density at radius 1 is 0.944 bits per heavy atom. The van der Waals surface area contributed by atoms with Crippen LogP contribution in [0.4, 0.5) is 0 Å². The summed E-state index contributed by atoms with van der Waals surface area (Å²) in [4.78, 5) is 12.0. The third-order valence-electron chi connectivity index (χ3n) is 4.91. The molecule has 6 atom stereocenters. The number of hydrogen-bond acceptors (Lipinski definition) is 4. The lowest BCUT2D eigenvalue weighted by atomic mass is 9.89. The highest BCUT2D eigenvalue weighted by atomic mass is 16.6. The van der Waals surface area contributed by atoms with Crippen molar-refractivity contribution >= 4 is 5.97 Å². The predicted molar refractivity (Wildman–Crippen MR) is 63.0 cm³/mol. The van der Waals surface area contributed by atoms with Crippen LogP contribution in [-0.4, -0.2) is 37.0 Å². The first kappa shape index (κ1) is 11.2. The number of rotatable bonds is 3. The van der Waals surface area contributed by atoms with E-state index in [2.05, 4.69) is 0 Å². The molecule has 0 aromatic rings. The van der Waals surface area contributed by atoms with Crippen LogP contribution < -0.4 is 0 Å². The summed E-state index contributed by atoms with van der Waals surface area (Å²) in [5.41, 5.74) is 0. The molecule has 2 saturated carbocycles. The lowest BCUT2D eigenvalue weighted by Crippen LogP contribution is -2.27. The number of esters is 1. The Labute approximate surface area is 107 Å². The summed E-state index contributed by atoms with van der Waals surface area (Å²) >= 11 is 0. The van der Waals surface area contributed by atoms with Crippen LogP contribution in [0.5, 0.6) is 0 Å². The molecule has 0 radical (unpaired) electrons. The zero-order valence-electron chi connectivity index (χ0n) is 10.5.